The fraction of sp³-hybridized carbons (Fsp3) is 0.300. The van der Waals surface area contributed by atoms with Crippen LogP contribution >= 0.6 is 0 Å². The lowest BCUT2D eigenvalue weighted by Crippen LogP contribution is -2.20. The summed E-state index contributed by atoms with van der Waals surface area (Å²) in [5.74, 6) is -2.96. The predicted molar refractivity (Wildman–Crippen MR) is 48.3 cm³/mol. The van der Waals surface area contributed by atoms with Crippen molar-refractivity contribution in [3.8, 4) is 5.75 Å². The number of ether oxygens (including phenoxy) is 1. The number of halogens is 4. The van der Waals surface area contributed by atoms with E-state index in [4.69, 9.17) is 5.11 Å². The zero-order chi connectivity index (χ0) is 12.3. The molecule has 1 aromatic rings. The van der Waals surface area contributed by atoms with E-state index in [9.17, 15) is 17.6 Å². The van der Waals surface area contributed by atoms with Gasteiger partial charge < -0.3 is 9.84 Å². The maximum atomic E-state index is 13.1. The van der Waals surface area contributed by atoms with Gasteiger partial charge in [-0.25, -0.2) is 4.39 Å². The minimum atomic E-state index is -4.98. The summed E-state index contributed by atoms with van der Waals surface area (Å²) in [5.41, 5.74) is -0.125. The van der Waals surface area contributed by atoms with Gasteiger partial charge in [0.15, 0.2) is 11.6 Å². The Balaban J connectivity index is 3.13. The minimum Gasteiger partial charge on any atom is -0.402 e. The van der Waals surface area contributed by atoms with Gasteiger partial charge in [0, 0.05) is 11.5 Å². The molecule has 1 rings (SSSR count). The molecule has 6 heteroatoms. The van der Waals surface area contributed by atoms with Crippen molar-refractivity contribution < 1.29 is 27.4 Å². The topological polar surface area (TPSA) is 29.5 Å². The van der Waals surface area contributed by atoms with Gasteiger partial charge in [-0.05, 0) is 13.0 Å². The molecule has 0 amide bonds. The fourth-order valence-electron chi connectivity index (χ4n) is 1.17. The van der Waals surface area contributed by atoms with Crippen molar-refractivity contribution in [2.45, 2.75) is 12.3 Å². The summed E-state index contributed by atoms with van der Waals surface area (Å²) >= 11 is 0. The molecule has 89 valence electrons. The molecule has 0 aliphatic rings. The van der Waals surface area contributed by atoms with Crippen LogP contribution in [-0.4, -0.2) is 18.1 Å². The van der Waals surface area contributed by atoms with Crippen LogP contribution in [0.1, 0.15) is 11.5 Å². The summed E-state index contributed by atoms with van der Waals surface area (Å²) in [4.78, 5) is 0. The highest BCUT2D eigenvalue weighted by Crippen LogP contribution is 2.33. The summed E-state index contributed by atoms with van der Waals surface area (Å²) in [7, 11) is 0. The predicted octanol–water partition coefficient (Wildman–Crippen LogP) is 2.63. The quantitative estimate of drug-likeness (QED) is 0.819. The third-order valence-electron chi connectivity index (χ3n) is 1.88. The molecule has 0 spiro atoms. The molecule has 0 saturated heterocycles. The Labute approximate surface area is 89.5 Å². The molecule has 0 aliphatic carbocycles. The largest absolute Gasteiger partial charge is 0.573 e. The lowest BCUT2D eigenvalue weighted by Gasteiger charge is -2.16. The zero-order valence-electron chi connectivity index (χ0n) is 8.09. The van der Waals surface area contributed by atoms with Gasteiger partial charge in [0.05, 0.1) is 6.61 Å². The molecule has 1 N–H and O–H groups in total. The number of aliphatic hydroxyl groups is 1. The van der Waals surface area contributed by atoms with E-state index >= 15 is 0 Å². The minimum absolute atomic E-state index is 0.125. The number of hydrogen-bond donors (Lipinski definition) is 1. The molecule has 0 aromatic heterocycles. The van der Waals surface area contributed by atoms with Gasteiger partial charge in [-0.2, -0.15) is 0 Å². The monoisotopic (exact) mass is 237 g/mol. The number of hydrogen-bond acceptors (Lipinski definition) is 2. The summed E-state index contributed by atoms with van der Waals surface area (Å²) in [6.45, 7) is 2.89. The molecule has 0 saturated carbocycles. The molecule has 0 fully saturated rings. The summed E-state index contributed by atoms with van der Waals surface area (Å²) in [6, 6.07) is 3.29. The van der Waals surface area contributed by atoms with Gasteiger partial charge in [-0.1, -0.05) is 12.1 Å². The van der Waals surface area contributed by atoms with Crippen molar-refractivity contribution >= 4 is 0 Å². The van der Waals surface area contributed by atoms with Gasteiger partial charge in [0.1, 0.15) is 0 Å². The zero-order valence-corrected chi connectivity index (χ0v) is 8.09. The highest BCUT2D eigenvalue weighted by molar-refractivity contribution is 5.38. The number of para-hydroxylation sites is 1. The number of aliphatic hydroxyl groups excluding tert-OH is 1. The van der Waals surface area contributed by atoms with Crippen molar-refractivity contribution in [1.29, 1.82) is 0 Å². The van der Waals surface area contributed by atoms with E-state index in [0.717, 1.165) is 6.07 Å². The molecule has 1 radical (unpaired) electrons. The van der Waals surface area contributed by atoms with E-state index in [0.29, 0.717) is 0 Å². The SMILES string of the molecule is [CH2]C(CO)c1cccc(F)c1OC(F)(F)F. The van der Waals surface area contributed by atoms with E-state index in [1.165, 1.54) is 12.1 Å². The van der Waals surface area contributed by atoms with Crippen LogP contribution in [0.5, 0.6) is 5.75 Å². The van der Waals surface area contributed by atoms with Crippen molar-refractivity contribution in [2.75, 3.05) is 6.61 Å². The van der Waals surface area contributed by atoms with Crippen LogP contribution in [0, 0.1) is 12.7 Å². The Morgan fingerprint density at radius 1 is 1.38 bits per heavy atom. The normalized spacial score (nSPS) is 13.6. The van der Waals surface area contributed by atoms with E-state index in [-0.39, 0.29) is 5.56 Å². The number of rotatable bonds is 3. The number of benzene rings is 1. The highest BCUT2D eigenvalue weighted by Gasteiger charge is 2.34. The van der Waals surface area contributed by atoms with Crippen LogP contribution in [0.15, 0.2) is 18.2 Å². The van der Waals surface area contributed by atoms with Crippen LogP contribution in [0.3, 0.4) is 0 Å². The van der Waals surface area contributed by atoms with Crippen LogP contribution in [0.2, 0.25) is 0 Å². The Kier molecular flexibility index (Phi) is 3.74. The van der Waals surface area contributed by atoms with Gasteiger partial charge in [0.2, 0.25) is 0 Å². The smallest absolute Gasteiger partial charge is 0.402 e. The molecular formula is C10H9F4O2. The molecule has 0 bridgehead atoms. The molecule has 1 unspecified atom stereocenters. The molecule has 0 aliphatic heterocycles. The Morgan fingerprint density at radius 3 is 2.50 bits per heavy atom. The van der Waals surface area contributed by atoms with Crippen LogP contribution in [0.25, 0.3) is 0 Å². The van der Waals surface area contributed by atoms with Gasteiger partial charge >= 0.3 is 6.36 Å². The fourth-order valence-corrected chi connectivity index (χ4v) is 1.17. The molecule has 16 heavy (non-hydrogen) atoms. The van der Waals surface area contributed by atoms with Crippen molar-refractivity contribution in [1.82, 2.24) is 0 Å². The van der Waals surface area contributed by atoms with Crippen molar-refractivity contribution in [2.24, 2.45) is 0 Å². The van der Waals surface area contributed by atoms with E-state index in [2.05, 4.69) is 11.7 Å². The Morgan fingerprint density at radius 2 is 2.00 bits per heavy atom. The first kappa shape index (κ1) is 12.8. The van der Waals surface area contributed by atoms with Gasteiger partial charge in [0.25, 0.3) is 0 Å². The maximum absolute atomic E-state index is 13.1. The average Bonchev–Trinajstić information content (AvgIpc) is 2.18. The standard InChI is InChI=1S/C10H9F4O2/c1-6(5-15)7-3-2-4-8(11)9(7)16-10(12,13)14/h2-4,6,15H,1,5H2. The van der Waals surface area contributed by atoms with E-state index in [1.807, 2.05) is 0 Å². The Bertz CT molecular complexity index is 362. The summed E-state index contributed by atoms with van der Waals surface area (Å²) < 4.78 is 52.7. The average molecular weight is 237 g/mol. The Hall–Kier alpha value is -1.30. The van der Waals surface area contributed by atoms with Crippen molar-refractivity contribution in [3.05, 3.63) is 36.5 Å². The lowest BCUT2D eigenvalue weighted by molar-refractivity contribution is -0.275. The highest BCUT2D eigenvalue weighted by atomic mass is 19.4. The third-order valence-corrected chi connectivity index (χ3v) is 1.88. The summed E-state index contributed by atoms with van der Waals surface area (Å²) in [6.07, 6.45) is -4.98. The first-order valence-electron chi connectivity index (χ1n) is 4.33. The van der Waals surface area contributed by atoms with E-state index < -0.39 is 30.5 Å². The third kappa shape index (κ3) is 3.10. The lowest BCUT2D eigenvalue weighted by atomic mass is 10.0. The van der Waals surface area contributed by atoms with Crippen LogP contribution < -0.4 is 4.74 Å². The van der Waals surface area contributed by atoms with Gasteiger partial charge in [-0.3, -0.25) is 0 Å². The van der Waals surface area contributed by atoms with Gasteiger partial charge in [-0.15, -0.1) is 13.2 Å². The molecule has 0 heterocycles. The molecule has 2 nitrogen and oxygen atoms in total. The van der Waals surface area contributed by atoms with Crippen LogP contribution in [0.4, 0.5) is 17.6 Å². The molecule has 1 atom stereocenters. The second kappa shape index (κ2) is 4.69. The second-order valence-electron chi connectivity index (χ2n) is 3.09. The summed E-state index contributed by atoms with van der Waals surface area (Å²) in [5, 5.41) is 8.78. The van der Waals surface area contributed by atoms with E-state index in [1.54, 1.807) is 0 Å². The molecule has 1 aromatic carbocycles. The first-order valence-corrected chi connectivity index (χ1v) is 4.33. The first-order chi connectivity index (χ1) is 7.35. The molecular weight excluding hydrogens is 228 g/mol. The van der Waals surface area contributed by atoms with Crippen molar-refractivity contribution in [3.63, 3.8) is 0 Å². The number of alkyl halides is 3. The van der Waals surface area contributed by atoms with Crippen LogP contribution in [-0.2, 0) is 0 Å². The maximum Gasteiger partial charge on any atom is 0.573 e. The second-order valence-corrected chi connectivity index (χ2v) is 3.09.